The van der Waals surface area contributed by atoms with Gasteiger partial charge in [-0.2, -0.15) is 37.9 Å². The Bertz CT molecular complexity index is 155. The zero-order valence-corrected chi connectivity index (χ0v) is 14.8. The van der Waals surface area contributed by atoms with Crippen molar-refractivity contribution < 1.29 is 0 Å². The molecule has 0 radical (unpaired) electrons. The van der Waals surface area contributed by atoms with Crippen molar-refractivity contribution in [1.82, 2.24) is 0 Å². The Hall–Kier alpha value is 1.05. The standard InChI is InChI=1S/C15H32S3/c1-3-7-13(16)9-5-11-15(18)12-6-10-14(17)8-4-2/h13-18H,3-12H2,1-2H3. The molecule has 0 aliphatic rings. The summed E-state index contributed by atoms with van der Waals surface area (Å²) in [6, 6.07) is 0. The Labute approximate surface area is 131 Å². The molecule has 0 saturated heterocycles. The van der Waals surface area contributed by atoms with Crippen molar-refractivity contribution in [3.63, 3.8) is 0 Å². The van der Waals surface area contributed by atoms with Crippen LogP contribution in [0.4, 0.5) is 0 Å². The molecule has 110 valence electrons. The van der Waals surface area contributed by atoms with Crippen LogP contribution in [0.2, 0.25) is 0 Å². The summed E-state index contributed by atoms with van der Waals surface area (Å²) in [5.41, 5.74) is 0. The average Bonchev–Trinajstić information content (AvgIpc) is 2.29. The van der Waals surface area contributed by atoms with Crippen molar-refractivity contribution in [1.29, 1.82) is 0 Å². The van der Waals surface area contributed by atoms with Gasteiger partial charge >= 0.3 is 0 Å². The molecule has 0 aromatic carbocycles. The van der Waals surface area contributed by atoms with Crippen LogP contribution in [0.15, 0.2) is 0 Å². The molecule has 0 nitrogen and oxygen atoms in total. The van der Waals surface area contributed by atoms with E-state index in [4.69, 9.17) is 0 Å². The van der Waals surface area contributed by atoms with E-state index < -0.39 is 0 Å². The van der Waals surface area contributed by atoms with E-state index in [9.17, 15) is 0 Å². The van der Waals surface area contributed by atoms with Crippen LogP contribution in [0.1, 0.15) is 78.1 Å². The number of rotatable bonds is 12. The molecule has 2 unspecified atom stereocenters. The molecule has 0 aromatic rings. The lowest BCUT2D eigenvalue weighted by Crippen LogP contribution is -2.05. The fourth-order valence-electron chi connectivity index (χ4n) is 2.28. The summed E-state index contributed by atoms with van der Waals surface area (Å²) in [4.78, 5) is 0. The summed E-state index contributed by atoms with van der Waals surface area (Å²) < 4.78 is 0. The molecule has 0 aromatic heterocycles. The Kier molecular flexibility index (Phi) is 13.8. The average molecular weight is 309 g/mol. The third-order valence-corrected chi connectivity index (χ3v) is 4.94. The van der Waals surface area contributed by atoms with Crippen molar-refractivity contribution in [3.05, 3.63) is 0 Å². The van der Waals surface area contributed by atoms with Gasteiger partial charge < -0.3 is 0 Å². The Balaban J connectivity index is 3.39. The Morgan fingerprint density at radius 3 is 1.11 bits per heavy atom. The second kappa shape index (κ2) is 13.1. The van der Waals surface area contributed by atoms with Gasteiger partial charge in [-0.25, -0.2) is 0 Å². The van der Waals surface area contributed by atoms with E-state index in [2.05, 4.69) is 51.7 Å². The minimum Gasteiger partial charge on any atom is -0.176 e. The highest BCUT2D eigenvalue weighted by molar-refractivity contribution is 7.81. The minimum absolute atomic E-state index is 0.578. The van der Waals surface area contributed by atoms with Gasteiger partial charge in [-0.1, -0.05) is 39.5 Å². The molecule has 18 heavy (non-hydrogen) atoms. The maximum Gasteiger partial charge on any atom is 0.00168 e. The highest BCUT2D eigenvalue weighted by Crippen LogP contribution is 2.20. The summed E-state index contributed by atoms with van der Waals surface area (Å²) in [6.45, 7) is 4.46. The lowest BCUT2D eigenvalue weighted by atomic mass is 10.0. The van der Waals surface area contributed by atoms with E-state index in [1.165, 1.54) is 64.2 Å². The molecular formula is C15H32S3. The van der Waals surface area contributed by atoms with Gasteiger partial charge in [0.2, 0.25) is 0 Å². The van der Waals surface area contributed by atoms with Gasteiger partial charge in [0.1, 0.15) is 0 Å². The van der Waals surface area contributed by atoms with Crippen molar-refractivity contribution in [2.75, 3.05) is 0 Å². The fraction of sp³-hybridized carbons (Fsp3) is 1.00. The van der Waals surface area contributed by atoms with Crippen molar-refractivity contribution >= 4 is 37.9 Å². The van der Waals surface area contributed by atoms with Gasteiger partial charge in [-0.05, 0) is 38.5 Å². The highest BCUT2D eigenvalue weighted by Gasteiger charge is 2.07. The van der Waals surface area contributed by atoms with Gasteiger partial charge in [-0.15, -0.1) is 0 Å². The highest BCUT2D eigenvalue weighted by atomic mass is 32.1. The van der Waals surface area contributed by atoms with Crippen LogP contribution in [0.3, 0.4) is 0 Å². The van der Waals surface area contributed by atoms with E-state index in [0.29, 0.717) is 15.7 Å². The molecule has 0 spiro atoms. The van der Waals surface area contributed by atoms with Crippen molar-refractivity contribution in [2.45, 2.75) is 93.8 Å². The predicted octanol–water partition coefficient (Wildman–Crippen LogP) is 5.82. The number of thiol groups is 3. The van der Waals surface area contributed by atoms with Crippen LogP contribution in [-0.2, 0) is 0 Å². The zero-order valence-electron chi connectivity index (χ0n) is 12.1. The van der Waals surface area contributed by atoms with Crippen LogP contribution in [0.5, 0.6) is 0 Å². The first kappa shape index (κ1) is 19.1. The second-order valence-electron chi connectivity index (χ2n) is 5.40. The number of hydrogen-bond acceptors (Lipinski definition) is 3. The molecular weight excluding hydrogens is 276 g/mol. The molecule has 0 aliphatic carbocycles. The first-order chi connectivity index (χ1) is 8.60. The molecule has 3 heteroatoms. The van der Waals surface area contributed by atoms with E-state index >= 15 is 0 Å². The van der Waals surface area contributed by atoms with E-state index in [0.717, 1.165) is 0 Å². The summed E-state index contributed by atoms with van der Waals surface area (Å²) >= 11 is 13.9. The maximum absolute atomic E-state index is 4.69. The zero-order chi connectivity index (χ0) is 13.8. The smallest absolute Gasteiger partial charge is 0.00168 e. The second-order valence-corrected chi connectivity index (χ2v) is 7.59. The van der Waals surface area contributed by atoms with E-state index in [-0.39, 0.29) is 0 Å². The molecule has 0 saturated carbocycles. The van der Waals surface area contributed by atoms with Crippen LogP contribution in [0.25, 0.3) is 0 Å². The van der Waals surface area contributed by atoms with Crippen LogP contribution >= 0.6 is 37.9 Å². The van der Waals surface area contributed by atoms with Gasteiger partial charge in [0, 0.05) is 15.7 Å². The van der Waals surface area contributed by atoms with Crippen molar-refractivity contribution in [3.8, 4) is 0 Å². The molecule has 0 aliphatic heterocycles. The summed E-state index contributed by atoms with van der Waals surface area (Å²) in [5, 5.41) is 1.78. The maximum atomic E-state index is 4.69. The van der Waals surface area contributed by atoms with Gasteiger partial charge in [-0.3, -0.25) is 0 Å². The van der Waals surface area contributed by atoms with Crippen LogP contribution in [0, 0.1) is 0 Å². The third kappa shape index (κ3) is 12.1. The summed E-state index contributed by atoms with van der Waals surface area (Å²) in [6.07, 6.45) is 12.5. The van der Waals surface area contributed by atoms with E-state index in [1.807, 2.05) is 0 Å². The first-order valence-corrected chi connectivity index (χ1v) is 9.19. The predicted molar refractivity (Wildman–Crippen MR) is 95.8 cm³/mol. The van der Waals surface area contributed by atoms with Crippen molar-refractivity contribution in [2.24, 2.45) is 0 Å². The monoisotopic (exact) mass is 308 g/mol. The molecule has 2 atom stereocenters. The topological polar surface area (TPSA) is 0 Å². The third-order valence-electron chi connectivity index (χ3n) is 3.39. The van der Waals surface area contributed by atoms with Gasteiger partial charge in [0.05, 0.1) is 0 Å². The summed E-state index contributed by atoms with van der Waals surface area (Å²) in [7, 11) is 0. The fourth-order valence-corrected chi connectivity index (χ4v) is 3.52. The molecule has 0 bridgehead atoms. The largest absolute Gasteiger partial charge is 0.176 e. The number of hydrogen-bond donors (Lipinski definition) is 3. The lowest BCUT2D eigenvalue weighted by Gasteiger charge is -2.14. The molecule has 0 rings (SSSR count). The molecule has 0 fully saturated rings. The quantitative estimate of drug-likeness (QED) is 0.372. The minimum atomic E-state index is 0.578. The Morgan fingerprint density at radius 2 is 0.833 bits per heavy atom. The molecule has 0 heterocycles. The summed E-state index contributed by atoms with van der Waals surface area (Å²) in [5.74, 6) is 0. The lowest BCUT2D eigenvalue weighted by molar-refractivity contribution is 0.563. The normalized spacial score (nSPS) is 16.5. The van der Waals surface area contributed by atoms with Gasteiger partial charge in [0.15, 0.2) is 0 Å². The SMILES string of the molecule is CCCC(S)CCCC(S)CCCC(S)CCC. The van der Waals surface area contributed by atoms with E-state index in [1.54, 1.807) is 0 Å². The first-order valence-electron chi connectivity index (χ1n) is 7.64. The Morgan fingerprint density at radius 1 is 0.556 bits per heavy atom. The van der Waals surface area contributed by atoms with Gasteiger partial charge in [0.25, 0.3) is 0 Å². The van der Waals surface area contributed by atoms with Crippen LogP contribution in [-0.4, -0.2) is 15.7 Å². The van der Waals surface area contributed by atoms with Crippen LogP contribution < -0.4 is 0 Å². The molecule has 0 N–H and O–H groups in total. The molecule has 0 amide bonds.